The molecule has 0 aliphatic carbocycles. The molecule has 1 nitrogen and oxygen atoms in total. The summed E-state index contributed by atoms with van der Waals surface area (Å²) in [5, 5.41) is 2.04. The highest BCUT2D eigenvalue weighted by Crippen LogP contribution is 2.14. The lowest BCUT2D eigenvalue weighted by Crippen LogP contribution is -1.80. The summed E-state index contributed by atoms with van der Waals surface area (Å²) >= 11 is 7.17. The van der Waals surface area contributed by atoms with E-state index in [4.69, 9.17) is 16.3 Å². The van der Waals surface area contributed by atoms with Crippen molar-refractivity contribution >= 4 is 22.9 Å². The molecule has 0 radical (unpaired) electrons. The van der Waals surface area contributed by atoms with Crippen molar-refractivity contribution in [2.45, 2.75) is 13.0 Å². The van der Waals surface area contributed by atoms with Gasteiger partial charge in [-0.15, -0.1) is 22.9 Å². The molecule has 0 saturated heterocycles. The predicted molar refractivity (Wildman–Crippen MR) is 57.2 cm³/mol. The lowest BCUT2D eigenvalue weighted by Gasteiger charge is -1.89. The second kappa shape index (κ2) is 6.04. The minimum absolute atomic E-state index is 0.599. The van der Waals surface area contributed by atoms with Gasteiger partial charge in [-0.25, -0.2) is 0 Å². The Morgan fingerprint density at radius 2 is 2.46 bits per heavy atom. The van der Waals surface area contributed by atoms with E-state index in [0.29, 0.717) is 12.5 Å². The van der Waals surface area contributed by atoms with Crippen molar-refractivity contribution in [3.8, 4) is 11.8 Å². The first-order chi connectivity index (χ1) is 6.36. The number of hydrogen-bond acceptors (Lipinski definition) is 2. The number of methoxy groups -OCH3 is 1. The molecular formula is C10H11ClOS. The maximum absolute atomic E-state index is 5.50. The Hall–Kier alpha value is -0.490. The van der Waals surface area contributed by atoms with E-state index in [0.717, 1.165) is 12.0 Å². The molecule has 0 saturated carbocycles. The Bertz CT molecular complexity index is 308. The summed E-state index contributed by atoms with van der Waals surface area (Å²) in [6, 6.07) is 2.05. The van der Waals surface area contributed by atoms with Crippen LogP contribution in [0, 0.1) is 11.8 Å². The zero-order valence-electron chi connectivity index (χ0n) is 7.47. The van der Waals surface area contributed by atoms with E-state index in [1.54, 1.807) is 18.4 Å². The van der Waals surface area contributed by atoms with E-state index in [9.17, 15) is 0 Å². The Morgan fingerprint density at radius 1 is 1.62 bits per heavy atom. The SMILES string of the molecule is COCc1cc(C#CCCCl)cs1. The van der Waals surface area contributed by atoms with Crippen LogP contribution in [0.3, 0.4) is 0 Å². The molecule has 1 aromatic heterocycles. The summed E-state index contributed by atoms with van der Waals surface area (Å²) < 4.78 is 5.01. The van der Waals surface area contributed by atoms with Crippen LogP contribution in [0.25, 0.3) is 0 Å². The normalized spacial score (nSPS) is 9.38. The first-order valence-electron chi connectivity index (χ1n) is 3.98. The van der Waals surface area contributed by atoms with Crippen molar-refractivity contribution in [2.75, 3.05) is 13.0 Å². The molecule has 0 aliphatic heterocycles. The Balaban J connectivity index is 2.54. The predicted octanol–water partition coefficient (Wildman–Crippen LogP) is 2.87. The highest BCUT2D eigenvalue weighted by Gasteiger charge is 1.95. The standard InChI is InChI=1S/C10H11ClOS/c1-12-7-10-6-9(8-13-10)4-2-3-5-11/h6,8H,3,5,7H2,1H3. The zero-order valence-corrected chi connectivity index (χ0v) is 9.04. The van der Waals surface area contributed by atoms with Gasteiger partial charge >= 0.3 is 0 Å². The van der Waals surface area contributed by atoms with Gasteiger partial charge in [0.1, 0.15) is 0 Å². The maximum atomic E-state index is 5.50. The Kier molecular flexibility index (Phi) is 4.92. The van der Waals surface area contributed by atoms with Gasteiger partial charge < -0.3 is 4.74 Å². The van der Waals surface area contributed by atoms with Gasteiger partial charge in [-0.2, -0.15) is 0 Å². The topological polar surface area (TPSA) is 9.23 Å². The van der Waals surface area contributed by atoms with Crippen LogP contribution in [0.15, 0.2) is 11.4 Å². The molecule has 13 heavy (non-hydrogen) atoms. The van der Waals surface area contributed by atoms with E-state index in [1.165, 1.54) is 4.88 Å². The van der Waals surface area contributed by atoms with Crippen molar-refractivity contribution in [1.29, 1.82) is 0 Å². The van der Waals surface area contributed by atoms with Crippen molar-refractivity contribution in [1.82, 2.24) is 0 Å². The van der Waals surface area contributed by atoms with Gasteiger partial charge in [0.05, 0.1) is 6.61 Å². The van der Waals surface area contributed by atoms with Crippen LogP contribution >= 0.6 is 22.9 Å². The molecule has 0 fully saturated rings. The average Bonchev–Trinajstić information content (AvgIpc) is 2.54. The third-order valence-corrected chi connectivity index (χ3v) is 2.49. The first-order valence-corrected chi connectivity index (χ1v) is 5.39. The molecule has 1 rings (SSSR count). The van der Waals surface area contributed by atoms with Gasteiger partial charge in [-0.05, 0) is 6.07 Å². The summed E-state index contributed by atoms with van der Waals surface area (Å²) in [6.07, 6.45) is 0.747. The molecule has 0 amide bonds. The quantitative estimate of drug-likeness (QED) is 0.556. The van der Waals surface area contributed by atoms with Crippen LogP contribution in [0.4, 0.5) is 0 Å². The third kappa shape index (κ3) is 3.82. The average molecular weight is 215 g/mol. The fourth-order valence-corrected chi connectivity index (χ4v) is 1.76. The van der Waals surface area contributed by atoms with Gasteiger partial charge in [-0.1, -0.05) is 11.8 Å². The molecule has 0 bridgehead atoms. The monoisotopic (exact) mass is 214 g/mol. The van der Waals surface area contributed by atoms with E-state index in [-0.39, 0.29) is 0 Å². The number of alkyl halides is 1. The third-order valence-electron chi connectivity index (χ3n) is 1.39. The van der Waals surface area contributed by atoms with Crippen molar-refractivity contribution in [3.63, 3.8) is 0 Å². The summed E-state index contributed by atoms with van der Waals surface area (Å²) in [4.78, 5) is 1.21. The van der Waals surface area contributed by atoms with Crippen molar-refractivity contribution in [3.05, 3.63) is 21.9 Å². The van der Waals surface area contributed by atoms with Crippen molar-refractivity contribution < 1.29 is 4.74 Å². The van der Waals surface area contributed by atoms with Gasteiger partial charge in [0.2, 0.25) is 0 Å². The smallest absolute Gasteiger partial charge is 0.0806 e. The first kappa shape index (κ1) is 10.6. The molecule has 0 aromatic carbocycles. The van der Waals surface area contributed by atoms with E-state index >= 15 is 0 Å². The van der Waals surface area contributed by atoms with Crippen LogP contribution in [-0.2, 0) is 11.3 Å². The van der Waals surface area contributed by atoms with Gasteiger partial charge in [0.25, 0.3) is 0 Å². The largest absolute Gasteiger partial charge is 0.379 e. The molecule has 0 N–H and O–H groups in total. The summed E-state index contributed by atoms with van der Waals surface area (Å²) in [7, 11) is 1.69. The molecule has 3 heteroatoms. The van der Waals surface area contributed by atoms with Crippen LogP contribution in [0.1, 0.15) is 16.9 Å². The second-order valence-electron chi connectivity index (χ2n) is 2.48. The lowest BCUT2D eigenvalue weighted by molar-refractivity contribution is 0.187. The molecule has 0 atom stereocenters. The van der Waals surface area contributed by atoms with Gasteiger partial charge in [0.15, 0.2) is 0 Å². The fourth-order valence-electron chi connectivity index (χ4n) is 0.876. The number of hydrogen-bond donors (Lipinski definition) is 0. The molecule has 1 aromatic rings. The summed E-state index contributed by atoms with van der Waals surface area (Å²) in [5.74, 6) is 6.63. The number of halogens is 1. The van der Waals surface area contributed by atoms with E-state index < -0.39 is 0 Å². The highest BCUT2D eigenvalue weighted by molar-refractivity contribution is 7.10. The molecule has 0 aliphatic rings. The Labute approximate surface area is 87.7 Å². The van der Waals surface area contributed by atoms with Gasteiger partial charge in [0, 0.05) is 35.2 Å². The number of thiophene rings is 1. The van der Waals surface area contributed by atoms with Crippen LogP contribution in [0.5, 0.6) is 0 Å². The molecule has 0 unspecified atom stereocenters. The molecular weight excluding hydrogens is 204 g/mol. The van der Waals surface area contributed by atoms with Crippen LogP contribution < -0.4 is 0 Å². The highest BCUT2D eigenvalue weighted by atomic mass is 35.5. The molecule has 0 spiro atoms. The van der Waals surface area contributed by atoms with E-state index in [2.05, 4.69) is 17.9 Å². The van der Waals surface area contributed by atoms with Crippen molar-refractivity contribution in [2.24, 2.45) is 0 Å². The van der Waals surface area contributed by atoms with Crippen LogP contribution in [-0.4, -0.2) is 13.0 Å². The van der Waals surface area contributed by atoms with Gasteiger partial charge in [-0.3, -0.25) is 0 Å². The van der Waals surface area contributed by atoms with Crippen LogP contribution in [0.2, 0.25) is 0 Å². The minimum Gasteiger partial charge on any atom is -0.379 e. The second-order valence-corrected chi connectivity index (χ2v) is 3.85. The minimum atomic E-state index is 0.599. The fraction of sp³-hybridized carbons (Fsp3) is 0.400. The summed E-state index contributed by atoms with van der Waals surface area (Å²) in [6.45, 7) is 0.669. The maximum Gasteiger partial charge on any atom is 0.0806 e. The number of rotatable bonds is 3. The number of ether oxygens (including phenoxy) is 1. The van der Waals surface area contributed by atoms with E-state index in [1.807, 2.05) is 5.38 Å². The Morgan fingerprint density at radius 3 is 3.15 bits per heavy atom. The summed E-state index contributed by atoms with van der Waals surface area (Å²) in [5.41, 5.74) is 1.06. The lowest BCUT2D eigenvalue weighted by atomic mass is 10.3. The molecule has 1 heterocycles. The zero-order chi connectivity index (χ0) is 9.52. The molecule has 70 valence electrons.